The lowest BCUT2D eigenvalue weighted by Crippen LogP contribution is -2.38. The standard InChI is InChI=1S/C26H37NO6/c1-17-9-10-20(33-17)11-12-21(27-14-8-13-26(3,4)25(29)32-7)24(28)19-15-22(30-5)18(2)23(16-19)31-6/h9-10,15-16,21,27H,8,11-14H2,1-7H3. The summed E-state index contributed by atoms with van der Waals surface area (Å²) in [5.74, 6) is 2.64. The number of benzene rings is 1. The highest BCUT2D eigenvalue weighted by atomic mass is 16.5. The molecule has 0 fully saturated rings. The second-order valence-electron chi connectivity index (χ2n) is 8.91. The molecule has 1 atom stereocenters. The van der Waals surface area contributed by atoms with Crippen LogP contribution in [0.2, 0.25) is 0 Å². The van der Waals surface area contributed by atoms with Gasteiger partial charge in [0, 0.05) is 17.5 Å². The largest absolute Gasteiger partial charge is 0.496 e. The van der Waals surface area contributed by atoms with Crippen molar-refractivity contribution in [3.8, 4) is 11.5 Å². The van der Waals surface area contributed by atoms with Crippen LogP contribution in [0.5, 0.6) is 11.5 Å². The van der Waals surface area contributed by atoms with E-state index >= 15 is 0 Å². The summed E-state index contributed by atoms with van der Waals surface area (Å²) in [5, 5.41) is 3.39. The second kappa shape index (κ2) is 11.9. The molecule has 0 aliphatic carbocycles. The maximum atomic E-state index is 13.5. The highest BCUT2D eigenvalue weighted by molar-refractivity contribution is 6.01. The molecule has 2 aromatic rings. The van der Waals surface area contributed by atoms with E-state index in [9.17, 15) is 9.59 Å². The predicted octanol–water partition coefficient (Wildman–Crippen LogP) is 4.67. The highest BCUT2D eigenvalue weighted by Gasteiger charge is 2.28. The molecule has 33 heavy (non-hydrogen) atoms. The molecule has 0 bridgehead atoms. The summed E-state index contributed by atoms with van der Waals surface area (Å²) >= 11 is 0. The van der Waals surface area contributed by atoms with Crippen LogP contribution in [0.4, 0.5) is 0 Å². The zero-order chi connectivity index (χ0) is 24.6. The van der Waals surface area contributed by atoms with E-state index in [-0.39, 0.29) is 11.8 Å². The van der Waals surface area contributed by atoms with Gasteiger partial charge in [-0.1, -0.05) is 0 Å². The molecule has 0 saturated heterocycles. The minimum atomic E-state index is -0.570. The van der Waals surface area contributed by atoms with Crippen LogP contribution in [-0.2, 0) is 16.0 Å². The molecule has 0 aliphatic rings. The van der Waals surface area contributed by atoms with Gasteiger partial charge in [0.15, 0.2) is 5.78 Å². The van der Waals surface area contributed by atoms with Crippen LogP contribution in [-0.4, -0.2) is 45.7 Å². The van der Waals surface area contributed by atoms with Crippen molar-refractivity contribution in [2.75, 3.05) is 27.9 Å². The third-order valence-corrected chi connectivity index (χ3v) is 5.94. The van der Waals surface area contributed by atoms with Gasteiger partial charge < -0.3 is 23.9 Å². The Kier molecular flexibility index (Phi) is 9.53. The number of carbonyl (C=O) groups excluding carboxylic acids is 2. The van der Waals surface area contributed by atoms with Crippen LogP contribution in [0.1, 0.15) is 60.6 Å². The first-order valence-electron chi connectivity index (χ1n) is 11.3. The van der Waals surface area contributed by atoms with Gasteiger partial charge in [-0.05, 0) is 77.8 Å². The Hall–Kier alpha value is -2.80. The monoisotopic (exact) mass is 459 g/mol. The van der Waals surface area contributed by atoms with E-state index in [2.05, 4.69) is 5.32 Å². The van der Waals surface area contributed by atoms with E-state index in [0.717, 1.165) is 23.5 Å². The third-order valence-electron chi connectivity index (χ3n) is 5.94. The lowest BCUT2D eigenvalue weighted by Gasteiger charge is -2.23. The van der Waals surface area contributed by atoms with Crippen molar-refractivity contribution < 1.29 is 28.2 Å². The van der Waals surface area contributed by atoms with Gasteiger partial charge in [-0.15, -0.1) is 0 Å². The number of aryl methyl sites for hydroxylation is 2. The average molecular weight is 460 g/mol. The Morgan fingerprint density at radius 3 is 2.21 bits per heavy atom. The number of ether oxygens (including phenoxy) is 3. The lowest BCUT2D eigenvalue weighted by atomic mass is 9.88. The summed E-state index contributed by atoms with van der Waals surface area (Å²) < 4.78 is 21.5. The fourth-order valence-electron chi connectivity index (χ4n) is 3.85. The van der Waals surface area contributed by atoms with E-state index in [4.69, 9.17) is 18.6 Å². The van der Waals surface area contributed by atoms with Crippen molar-refractivity contribution in [1.82, 2.24) is 5.32 Å². The summed E-state index contributed by atoms with van der Waals surface area (Å²) in [6, 6.07) is 6.95. The predicted molar refractivity (Wildman–Crippen MR) is 127 cm³/mol. The van der Waals surface area contributed by atoms with Crippen molar-refractivity contribution >= 4 is 11.8 Å². The number of methoxy groups -OCH3 is 3. The molecule has 0 amide bonds. The first-order valence-corrected chi connectivity index (χ1v) is 11.3. The quantitative estimate of drug-likeness (QED) is 0.265. The summed E-state index contributed by atoms with van der Waals surface area (Å²) in [6.07, 6.45) is 2.58. The van der Waals surface area contributed by atoms with E-state index in [1.54, 1.807) is 26.4 Å². The van der Waals surface area contributed by atoms with Crippen LogP contribution >= 0.6 is 0 Å². The van der Waals surface area contributed by atoms with Gasteiger partial charge in [-0.3, -0.25) is 9.59 Å². The summed E-state index contributed by atoms with van der Waals surface area (Å²) in [7, 11) is 4.56. The van der Waals surface area contributed by atoms with Crippen molar-refractivity contribution in [2.45, 2.75) is 59.4 Å². The zero-order valence-corrected chi connectivity index (χ0v) is 20.9. The fourth-order valence-corrected chi connectivity index (χ4v) is 3.85. The smallest absolute Gasteiger partial charge is 0.311 e. The summed E-state index contributed by atoms with van der Waals surface area (Å²) in [6.45, 7) is 8.12. The highest BCUT2D eigenvalue weighted by Crippen LogP contribution is 2.30. The van der Waals surface area contributed by atoms with Gasteiger partial charge >= 0.3 is 5.97 Å². The van der Waals surface area contributed by atoms with Crippen molar-refractivity contribution in [3.05, 3.63) is 46.9 Å². The molecule has 7 nitrogen and oxygen atoms in total. The van der Waals surface area contributed by atoms with Gasteiger partial charge in [0.2, 0.25) is 0 Å². The molecule has 0 radical (unpaired) electrons. The molecular weight excluding hydrogens is 422 g/mol. The minimum Gasteiger partial charge on any atom is -0.496 e. The average Bonchev–Trinajstić information content (AvgIpc) is 3.22. The molecule has 2 rings (SSSR count). The van der Waals surface area contributed by atoms with Gasteiger partial charge in [-0.2, -0.15) is 0 Å². The van der Waals surface area contributed by atoms with Crippen LogP contribution in [0.15, 0.2) is 28.7 Å². The topological polar surface area (TPSA) is 87.0 Å². The Balaban J connectivity index is 2.16. The first kappa shape index (κ1) is 26.5. The van der Waals surface area contributed by atoms with Crippen molar-refractivity contribution in [2.24, 2.45) is 5.41 Å². The van der Waals surface area contributed by atoms with Crippen LogP contribution in [0.25, 0.3) is 0 Å². The number of nitrogens with one attached hydrogen (secondary N) is 1. The molecule has 0 aliphatic heterocycles. The van der Waals surface area contributed by atoms with Crippen LogP contribution < -0.4 is 14.8 Å². The maximum absolute atomic E-state index is 13.5. The Labute approximate surface area is 196 Å². The van der Waals surface area contributed by atoms with E-state index in [1.165, 1.54) is 7.11 Å². The number of esters is 1. The first-order chi connectivity index (χ1) is 15.6. The molecule has 1 N–H and O–H groups in total. The maximum Gasteiger partial charge on any atom is 0.311 e. The third kappa shape index (κ3) is 7.09. The Morgan fingerprint density at radius 1 is 1.06 bits per heavy atom. The van der Waals surface area contributed by atoms with Crippen LogP contribution in [0.3, 0.4) is 0 Å². The molecule has 1 aromatic heterocycles. The summed E-state index contributed by atoms with van der Waals surface area (Å²) in [4.78, 5) is 25.4. The van der Waals surface area contributed by atoms with Crippen molar-refractivity contribution in [1.29, 1.82) is 0 Å². The molecule has 1 aromatic carbocycles. The van der Waals surface area contributed by atoms with Crippen molar-refractivity contribution in [3.63, 3.8) is 0 Å². The number of hydrogen-bond acceptors (Lipinski definition) is 7. The van der Waals surface area contributed by atoms with E-state index in [0.29, 0.717) is 42.9 Å². The second-order valence-corrected chi connectivity index (χ2v) is 8.91. The molecule has 1 heterocycles. The number of rotatable bonds is 13. The zero-order valence-electron chi connectivity index (χ0n) is 20.9. The number of Topliss-reactive ketones (excluding diaryl/α,β-unsaturated/α-hetero) is 1. The van der Waals surface area contributed by atoms with Crippen LogP contribution in [0, 0.1) is 19.3 Å². The molecular formula is C26H37NO6. The Morgan fingerprint density at radius 2 is 1.70 bits per heavy atom. The number of hydrogen-bond donors (Lipinski definition) is 1. The minimum absolute atomic E-state index is 0.0397. The van der Waals surface area contributed by atoms with Gasteiger partial charge in [0.25, 0.3) is 0 Å². The van der Waals surface area contributed by atoms with E-state index in [1.807, 2.05) is 39.8 Å². The molecule has 0 spiro atoms. The van der Waals surface area contributed by atoms with Gasteiger partial charge in [0.05, 0.1) is 32.8 Å². The molecule has 1 unspecified atom stereocenters. The van der Waals surface area contributed by atoms with Gasteiger partial charge in [0.1, 0.15) is 23.0 Å². The molecule has 182 valence electrons. The summed E-state index contributed by atoms with van der Waals surface area (Å²) in [5.41, 5.74) is 0.800. The number of ketones is 1. The Bertz CT molecular complexity index is 921. The molecule has 7 heteroatoms. The number of furan rings is 1. The fraction of sp³-hybridized carbons (Fsp3) is 0.538. The SMILES string of the molecule is COC(=O)C(C)(C)CCCNC(CCc1ccc(C)o1)C(=O)c1cc(OC)c(C)c(OC)c1. The lowest BCUT2D eigenvalue weighted by molar-refractivity contribution is -0.151. The normalized spacial score (nSPS) is 12.3. The molecule has 0 saturated carbocycles. The van der Waals surface area contributed by atoms with E-state index < -0.39 is 11.5 Å². The van der Waals surface area contributed by atoms with Gasteiger partial charge in [-0.25, -0.2) is 0 Å². The number of carbonyl (C=O) groups is 2.